The zero-order valence-corrected chi connectivity index (χ0v) is 11.4. The molecule has 3 nitrogen and oxygen atoms in total. The van der Waals surface area contributed by atoms with E-state index >= 15 is 0 Å². The summed E-state index contributed by atoms with van der Waals surface area (Å²) in [4.78, 5) is 0. The maximum atomic E-state index is 4.34. The van der Waals surface area contributed by atoms with E-state index in [0.717, 1.165) is 5.92 Å². The maximum Gasteiger partial charge on any atom is 0.0540 e. The molecule has 1 aromatic rings. The van der Waals surface area contributed by atoms with Gasteiger partial charge in [-0.3, -0.25) is 4.68 Å². The lowest BCUT2D eigenvalue weighted by Crippen LogP contribution is -2.18. The summed E-state index contributed by atoms with van der Waals surface area (Å²) in [5, 5.41) is 7.78. The minimum atomic E-state index is 0.476. The van der Waals surface area contributed by atoms with Crippen molar-refractivity contribution in [1.29, 1.82) is 0 Å². The summed E-state index contributed by atoms with van der Waals surface area (Å²) in [6.07, 6.45) is 10.4. The Morgan fingerprint density at radius 3 is 2.71 bits per heavy atom. The van der Waals surface area contributed by atoms with Crippen LogP contribution < -0.4 is 5.32 Å². The highest BCUT2D eigenvalue weighted by molar-refractivity contribution is 5.20. The molecule has 0 radical (unpaired) electrons. The number of aryl methyl sites for hydroxylation is 1. The van der Waals surface area contributed by atoms with Gasteiger partial charge in [-0.1, -0.05) is 25.7 Å². The van der Waals surface area contributed by atoms with Crippen LogP contribution in [0, 0.1) is 12.8 Å². The first-order valence-corrected chi connectivity index (χ1v) is 6.88. The second kappa shape index (κ2) is 5.67. The molecule has 1 aromatic heterocycles. The Labute approximate surface area is 105 Å². The third-order valence-electron chi connectivity index (χ3n) is 4.34. The SMILES string of the molecule is CNC(CCC1CCCC1)c1cnn(C)c1C. The van der Waals surface area contributed by atoms with Gasteiger partial charge in [0.05, 0.1) is 6.20 Å². The van der Waals surface area contributed by atoms with Gasteiger partial charge in [0.1, 0.15) is 0 Å². The van der Waals surface area contributed by atoms with Crippen LogP contribution in [0.3, 0.4) is 0 Å². The summed E-state index contributed by atoms with van der Waals surface area (Å²) in [6.45, 7) is 2.16. The number of aromatic nitrogens is 2. The molecule has 0 amide bonds. The van der Waals surface area contributed by atoms with Crippen LogP contribution >= 0.6 is 0 Å². The van der Waals surface area contributed by atoms with Gasteiger partial charge in [0.2, 0.25) is 0 Å². The van der Waals surface area contributed by atoms with Crippen LogP contribution in [0.2, 0.25) is 0 Å². The van der Waals surface area contributed by atoms with Crippen molar-refractivity contribution in [3.8, 4) is 0 Å². The molecule has 1 aliphatic rings. The standard InChI is InChI=1S/C14H25N3/c1-11-13(10-16-17(11)3)14(15-2)9-8-12-6-4-5-7-12/h10,12,14-15H,4-9H2,1-3H3. The fourth-order valence-corrected chi connectivity index (χ4v) is 3.01. The highest BCUT2D eigenvalue weighted by Gasteiger charge is 2.19. The zero-order valence-electron chi connectivity index (χ0n) is 11.4. The summed E-state index contributed by atoms with van der Waals surface area (Å²) < 4.78 is 1.97. The summed E-state index contributed by atoms with van der Waals surface area (Å²) in [5.74, 6) is 0.975. The summed E-state index contributed by atoms with van der Waals surface area (Å²) in [7, 11) is 4.08. The minimum absolute atomic E-state index is 0.476. The van der Waals surface area contributed by atoms with Crippen molar-refractivity contribution in [2.45, 2.75) is 51.5 Å². The highest BCUT2D eigenvalue weighted by Crippen LogP contribution is 2.31. The molecule has 1 atom stereocenters. The normalized spacial score (nSPS) is 18.8. The van der Waals surface area contributed by atoms with Crippen LogP contribution in [0.25, 0.3) is 0 Å². The van der Waals surface area contributed by atoms with Crippen molar-refractivity contribution in [2.24, 2.45) is 13.0 Å². The summed E-state index contributed by atoms with van der Waals surface area (Å²) in [6, 6.07) is 0.476. The molecule has 1 aliphatic carbocycles. The van der Waals surface area contributed by atoms with Crippen LogP contribution in [0.1, 0.15) is 55.8 Å². The van der Waals surface area contributed by atoms with E-state index < -0.39 is 0 Å². The highest BCUT2D eigenvalue weighted by atomic mass is 15.3. The Morgan fingerprint density at radius 2 is 2.18 bits per heavy atom. The first kappa shape index (κ1) is 12.6. The van der Waals surface area contributed by atoms with Crippen LogP contribution in [-0.4, -0.2) is 16.8 Å². The molecule has 1 fully saturated rings. The van der Waals surface area contributed by atoms with Crippen molar-refractivity contribution in [2.75, 3.05) is 7.05 Å². The van der Waals surface area contributed by atoms with Crippen molar-refractivity contribution in [3.05, 3.63) is 17.5 Å². The number of hydrogen-bond donors (Lipinski definition) is 1. The molecule has 1 N–H and O–H groups in total. The van der Waals surface area contributed by atoms with E-state index in [1.807, 2.05) is 17.9 Å². The molecular weight excluding hydrogens is 210 g/mol. The average Bonchev–Trinajstić information content (AvgIpc) is 2.94. The second-order valence-corrected chi connectivity index (χ2v) is 5.38. The molecule has 1 heterocycles. The molecular formula is C14H25N3. The molecule has 0 spiro atoms. The smallest absolute Gasteiger partial charge is 0.0540 e. The number of nitrogens with one attached hydrogen (secondary N) is 1. The van der Waals surface area contributed by atoms with E-state index in [1.54, 1.807) is 0 Å². The van der Waals surface area contributed by atoms with Crippen LogP contribution in [0.15, 0.2) is 6.20 Å². The summed E-state index contributed by atoms with van der Waals surface area (Å²) >= 11 is 0. The van der Waals surface area contributed by atoms with Gasteiger partial charge in [0.15, 0.2) is 0 Å². The molecule has 2 rings (SSSR count). The fraction of sp³-hybridized carbons (Fsp3) is 0.786. The fourth-order valence-electron chi connectivity index (χ4n) is 3.01. The lowest BCUT2D eigenvalue weighted by molar-refractivity contribution is 0.426. The van der Waals surface area contributed by atoms with Gasteiger partial charge >= 0.3 is 0 Å². The lowest BCUT2D eigenvalue weighted by atomic mass is 9.95. The Bertz CT molecular complexity index is 350. The molecule has 3 heteroatoms. The predicted octanol–water partition coefficient (Wildman–Crippen LogP) is 2.96. The van der Waals surface area contributed by atoms with Gasteiger partial charge in [-0.15, -0.1) is 0 Å². The van der Waals surface area contributed by atoms with Crippen molar-refractivity contribution in [3.63, 3.8) is 0 Å². The van der Waals surface area contributed by atoms with E-state index in [9.17, 15) is 0 Å². The molecule has 17 heavy (non-hydrogen) atoms. The molecule has 96 valence electrons. The Morgan fingerprint density at radius 1 is 1.47 bits per heavy atom. The van der Waals surface area contributed by atoms with E-state index in [-0.39, 0.29) is 0 Å². The number of rotatable bonds is 5. The second-order valence-electron chi connectivity index (χ2n) is 5.38. The van der Waals surface area contributed by atoms with Crippen molar-refractivity contribution in [1.82, 2.24) is 15.1 Å². The first-order valence-electron chi connectivity index (χ1n) is 6.88. The van der Waals surface area contributed by atoms with Gasteiger partial charge in [-0.25, -0.2) is 0 Å². The van der Waals surface area contributed by atoms with Crippen LogP contribution in [0.4, 0.5) is 0 Å². The minimum Gasteiger partial charge on any atom is -0.313 e. The quantitative estimate of drug-likeness (QED) is 0.850. The van der Waals surface area contributed by atoms with E-state index in [4.69, 9.17) is 0 Å². The number of hydrogen-bond acceptors (Lipinski definition) is 2. The van der Waals surface area contributed by atoms with Crippen LogP contribution in [0.5, 0.6) is 0 Å². The van der Waals surface area contributed by atoms with Gasteiger partial charge in [0.25, 0.3) is 0 Å². The molecule has 0 saturated heterocycles. The number of nitrogens with zero attached hydrogens (tertiary/aromatic N) is 2. The van der Waals surface area contributed by atoms with E-state index in [1.165, 1.54) is 49.8 Å². The topological polar surface area (TPSA) is 29.9 Å². The predicted molar refractivity (Wildman–Crippen MR) is 70.9 cm³/mol. The molecule has 0 bridgehead atoms. The Balaban J connectivity index is 1.94. The molecule has 1 unspecified atom stereocenters. The Hall–Kier alpha value is -0.830. The van der Waals surface area contributed by atoms with E-state index in [2.05, 4.69) is 24.4 Å². The molecule has 0 aliphatic heterocycles. The van der Waals surface area contributed by atoms with Gasteiger partial charge in [0, 0.05) is 24.3 Å². The van der Waals surface area contributed by atoms with Crippen molar-refractivity contribution >= 4 is 0 Å². The van der Waals surface area contributed by atoms with Gasteiger partial charge < -0.3 is 5.32 Å². The van der Waals surface area contributed by atoms with Crippen molar-refractivity contribution < 1.29 is 0 Å². The maximum absolute atomic E-state index is 4.34. The zero-order chi connectivity index (χ0) is 12.3. The largest absolute Gasteiger partial charge is 0.313 e. The lowest BCUT2D eigenvalue weighted by Gasteiger charge is -2.18. The average molecular weight is 235 g/mol. The third-order valence-corrected chi connectivity index (χ3v) is 4.34. The van der Waals surface area contributed by atoms with E-state index in [0.29, 0.717) is 6.04 Å². The molecule has 0 aromatic carbocycles. The monoisotopic (exact) mass is 235 g/mol. The van der Waals surface area contributed by atoms with Gasteiger partial charge in [-0.05, 0) is 32.7 Å². The third kappa shape index (κ3) is 2.89. The van der Waals surface area contributed by atoms with Crippen LogP contribution in [-0.2, 0) is 7.05 Å². The Kier molecular flexibility index (Phi) is 4.21. The van der Waals surface area contributed by atoms with Gasteiger partial charge in [-0.2, -0.15) is 5.10 Å². The molecule has 1 saturated carbocycles. The summed E-state index contributed by atoms with van der Waals surface area (Å²) in [5.41, 5.74) is 2.66. The first-order chi connectivity index (χ1) is 8.22.